The van der Waals surface area contributed by atoms with Crippen molar-refractivity contribution in [2.45, 2.75) is 58.0 Å². The average Bonchev–Trinajstić information content (AvgIpc) is 2.93. The van der Waals surface area contributed by atoms with E-state index < -0.39 is 28.5 Å². The van der Waals surface area contributed by atoms with Crippen LogP contribution in [0.2, 0.25) is 5.02 Å². The quantitative estimate of drug-likeness (QED) is 0.290. The zero-order valence-corrected chi connectivity index (χ0v) is 25.2. The van der Waals surface area contributed by atoms with E-state index in [2.05, 4.69) is 19.2 Å². The van der Waals surface area contributed by atoms with Gasteiger partial charge in [0.15, 0.2) is 0 Å². The lowest BCUT2D eigenvalue weighted by Crippen LogP contribution is -2.51. The Kier molecular flexibility index (Phi) is 10.8. The van der Waals surface area contributed by atoms with Gasteiger partial charge in [-0.1, -0.05) is 81.8 Å². The summed E-state index contributed by atoms with van der Waals surface area (Å²) in [5.41, 5.74) is 2.13. The van der Waals surface area contributed by atoms with E-state index in [-0.39, 0.29) is 29.2 Å². The van der Waals surface area contributed by atoms with Crippen LogP contribution in [0.4, 0.5) is 5.69 Å². The van der Waals surface area contributed by atoms with Crippen LogP contribution < -0.4 is 9.62 Å². The Morgan fingerprint density at radius 2 is 1.52 bits per heavy atom. The fourth-order valence-electron chi connectivity index (χ4n) is 4.14. The van der Waals surface area contributed by atoms with Gasteiger partial charge in [0.05, 0.1) is 10.6 Å². The SMILES string of the molecule is CC(C)CNC(=O)[C@@H](C)N(Cc1cccc(Cl)c1)C(=O)CN(c1ccc(C(C)C)cc1)S(=O)(=O)c1ccccc1. The van der Waals surface area contributed by atoms with Crippen LogP contribution in [-0.2, 0) is 26.2 Å². The number of carbonyl (C=O) groups excluding carboxylic acids is 2. The van der Waals surface area contributed by atoms with Gasteiger partial charge in [-0.05, 0) is 66.3 Å². The van der Waals surface area contributed by atoms with E-state index in [0.717, 1.165) is 15.4 Å². The lowest BCUT2D eigenvalue weighted by Gasteiger charge is -2.32. The Bertz CT molecular complexity index is 1390. The Hall–Kier alpha value is -3.36. The maximum Gasteiger partial charge on any atom is 0.264 e. The van der Waals surface area contributed by atoms with Gasteiger partial charge in [-0.3, -0.25) is 13.9 Å². The summed E-state index contributed by atoms with van der Waals surface area (Å²) in [6.07, 6.45) is 0. The molecule has 0 aliphatic rings. The van der Waals surface area contributed by atoms with Crippen LogP contribution in [0.3, 0.4) is 0 Å². The minimum Gasteiger partial charge on any atom is -0.354 e. The lowest BCUT2D eigenvalue weighted by atomic mass is 10.0. The van der Waals surface area contributed by atoms with Gasteiger partial charge in [0.1, 0.15) is 12.6 Å². The number of amides is 2. The first-order valence-corrected chi connectivity index (χ1v) is 15.2. The van der Waals surface area contributed by atoms with Crippen LogP contribution in [-0.4, -0.2) is 44.3 Å². The molecule has 7 nitrogen and oxygen atoms in total. The van der Waals surface area contributed by atoms with Crippen molar-refractivity contribution in [1.82, 2.24) is 10.2 Å². The highest BCUT2D eigenvalue weighted by Gasteiger charge is 2.32. The van der Waals surface area contributed by atoms with E-state index in [0.29, 0.717) is 17.3 Å². The molecule has 1 N–H and O–H groups in total. The maximum atomic E-state index is 14.0. The molecule has 0 saturated carbocycles. The number of halogens is 1. The molecule has 0 spiro atoms. The molecule has 3 aromatic rings. The van der Waals surface area contributed by atoms with E-state index in [4.69, 9.17) is 11.6 Å². The third-order valence-corrected chi connectivity index (χ3v) is 8.57. The van der Waals surface area contributed by atoms with Crippen molar-refractivity contribution < 1.29 is 18.0 Å². The molecule has 3 aromatic carbocycles. The number of hydrogen-bond donors (Lipinski definition) is 1. The molecule has 0 bridgehead atoms. The van der Waals surface area contributed by atoms with Gasteiger partial charge >= 0.3 is 0 Å². The number of carbonyl (C=O) groups is 2. The largest absolute Gasteiger partial charge is 0.354 e. The Morgan fingerprint density at radius 3 is 2.10 bits per heavy atom. The second kappa shape index (κ2) is 13.8. The molecule has 2 amide bonds. The zero-order chi connectivity index (χ0) is 29.4. The minimum absolute atomic E-state index is 0.0693. The predicted octanol–water partition coefficient (Wildman–Crippen LogP) is 5.85. The number of nitrogens with one attached hydrogen (secondary N) is 1. The summed E-state index contributed by atoms with van der Waals surface area (Å²) in [5.74, 6) is -0.343. The third-order valence-electron chi connectivity index (χ3n) is 6.55. The summed E-state index contributed by atoms with van der Waals surface area (Å²) < 4.78 is 28.8. The molecule has 0 aliphatic heterocycles. The van der Waals surface area contributed by atoms with Gasteiger partial charge in [0.2, 0.25) is 11.8 Å². The number of rotatable bonds is 12. The second-order valence-electron chi connectivity index (χ2n) is 10.5. The Labute approximate surface area is 243 Å². The van der Waals surface area contributed by atoms with Crippen molar-refractivity contribution in [3.8, 4) is 0 Å². The molecule has 0 aromatic heterocycles. The monoisotopic (exact) mass is 583 g/mol. The van der Waals surface area contributed by atoms with Crippen molar-refractivity contribution >= 4 is 39.1 Å². The Balaban J connectivity index is 2.01. The van der Waals surface area contributed by atoms with Crippen LogP contribution in [0, 0.1) is 5.92 Å². The van der Waals surface area contributed by atoms with Gasteiger partial charge < -0.3 is 10.2 Å². The van der Waals surface area contributed by atoms with Gasteiger partial charge in [-0.2, -0.15) is 0 Å². The highest BCUT2D eigenvalue weighted by molar-refractivity contribution is 7.92. The fraction of sp³-hybridized carbons (Fsp3) is 0.355. The highest BCUT2D eigenvalue weighted by Crippen LogP contribution is 2.26. The van der Waals surface area contributed by atoms with Gasteiger partial charge in [0, 0.05) is 18.1 Å². The van der Waals surface area contributed by atoms with E-state index in [1.54, 1.807) is 55.5 Å². The summed E-state index contributed by atoms with van der Waals surface area (Å²) in [6, 6.07) is 21.4. The molecule has 0 fully saturated rings. The predicted molar refractivity (Wildman–Crippen MR) is 161 cm³/mol. The molecule has 1 atom stereocenters. The van der Waals surface area contributed by atoms with Gasteiger partial charge in [-0.15, -0.1) is 0 Å². The number of nitrogens with zero attached hydrogens (tertiary/aromatic N) is 2. The normalized spacial score (nSPS) is 12.3. The van der Waals surface area contributed by atoms with Crippen molar-refractivity contribution in [2.24, 2.45) is 5.92 Å². The molecule has 0 unspecified atom stereocenters. The third kappa shape index (κ3) is 8.08. The molecule has 0 radical (unpaired) electrons. The molecule has 214 valence electrons. The van der Waals surface area contributed by atoms with E-state index >= 15 is 0 Å². The number of benzene rings is 3. The lowest BCUT2D eigenvalue weighted by molar-refractivity contribution is -0.139. The summed E-state index contributed by atoms with van der Waals surface area (Å²) >= 11 is 6.19. The molecule has 9 heteroatoms. The van der Waals surface area contributed by atoms with Crippen LogP contribution >= 0.6 is 11.6 Å². The van der Waals surface area contributed by atoms with Crippen LogP contribution in [0.15, 0.2) is 83.8 Å². The molecular formula is C31H38ClN3O4S. The number of anilines is 1. The topological polar surface area (TPSA) is 86.8 Å². The second-order valence-corrected chi connectivity index (χ2v) is 12.8. The summed E-state index contributed by atoms with van der Waals surface area (Å²) in [4.78, 5) is 28.5. The maximum absolute atomic E-state index is 14.0. The number of hydrogen-bond acceptors (Lipinski definition) is 4. The molecule has 40 heavy (non-hydrogen) atoms. The summed E-state index contributed by atoms with van der Waals surface area (Å²) in [7, 11) is -4.10. The van der Waals surface area contributed by atoms with Crippen LogP contribution in [0.5, 0.6) is 0 Å². The smallest absolute Gasteiger partial charge is 0.264 e. The van der Waals surface area contributed by atoms with Gasteiger partial charge in [0.25, 0.3) is 10.0 Å². The highest BCUT2D eigenvalue weighted by atomic mass is 35.5. The molecule has 0 heterocycles. The summed E-state index contributed by atoms with van der Waals surface area (Å²) in [6.45, 7) is 9.77. The van der Waals surface area contributed by atoms with Crippen molar-refractivity contribution in [3.63, 3.8) is 0 Å². The van der Waals surface area contributed by atoms with E-state index in [1.165, 1.54) is 17.0 Å². The van der Waals surface area contributed by atoms with Crippen LogP contribution in [0.1, 0.15) is 51.7 Å². The van der Waals surface area contributed by atoms with Crippen LogP contribution in [0.25, 0.3) is 0 Å². The fourth-order valence-corrected chi connectivity index (χ4v) is 5.79. The zero-order valence-electron chi connectivity index (χ0n) is 23.7. The summed E-state index contributed by atoms with van der Waals surface area (Å²) in [5, 5.41) is 3.38. The van der Waals surface area contributed by atoms with Crippen molar-refractivity contribution in [2.75, 3.05) is 17.4 Å². The molecule has 3 rings (SSSR count). The first-order valence-electron chi connectivity index (χ1n) is 13.4. The molecule has 0 saturated heterocycles. The average molecular weight is 584 g/mol. The minimum atomic E-state index is -4.10. The van der Waals surface area contributed by atoms with E-state index in [9.17, 15) is 18.0 Å². The molecular weight excluding hydrogens is 546 g/mol. The van der Waals surface area contributed by atoms with E-state index in [1.807, 2.05) is 32.0 Å². The van der Waals surface area contributed by atoms with Gasteiger partial charge in [-0.25, -0.2) is 8.42 Å². The van der Waals surface area contributed by atoms with Crippen molar-refractivity contribution in [1.29, 1.82) is 0 Å². The Morgan fingerprint density at radius 1 is 0.875 bits per heavy atom. The molecule has 0 aliphatic carbocycles. The standard InChI is InChI=1S/C31H38ClN3O4S/c1-22(2)19-33-31(37)24(5)34(20-25-10-9-11-27(32)18-25)30(36)21-35(28-16-14-26(15-17-28)23(3)4)40(38,39)29-12-7-6-8-13-29/h6-18,22-24H,19-21H2,1-5H3,(H,33,37)/t24-/m1/s1. The van der Waals surface area contributed by atoms with Crippen molar-refractivity contribution in [3.05, 3.63) is 95.0 Å². The first kappa shape index (κ1) is 31.2. The first-order chi connectivity index (χ1) is 18.9. The number of sulfonamides is 1.